The van der Waals surface area contributed by atoms with E-state index in [0.29, 0.717) is 19.1 Å². The third-order valence-electron chi connectivity index (χ3n) is 3.69. The fraction of sp³-hybridized carbons (Fsp3) is 0.625. The number of nitrogens with two attached hydrogens (primary N) is 1. The summed E-state index contributed by atoms with van der Waals surface area (Å²) in [5.74, 6) is 0.592. The van der Waals surface area contributed by atoms with Crippen LogP contribution in [-0.4, -0.2) is 41.6 Å². The van der Waals surface area contributed by atoms with Crippen LogP contribution in [0.25, 0.3) is 0 Å². The monoisotopic (exact) mass is 290 g/mol. The first-order valence-electron chi connectivity index (χ1n) is 7.48. The molecule has 2 heterocycles. The summed E-state index contributed by atoms with van der Waals surface area (Å²) in [6, 6.07) is 2.07. The topological polar surface area (TPSA) is 63.7 Å². The minimum absolute atomic E-state index is 0.0794. The first-order valence-corrected chi connectivity index (χ1v) is 7.48. The minimum atomic E-state index is 0.0794. The second-order valence-corrected chi connectivity index (χ2v) is 6.58. The van der Waals surface area contributed by atoms with Crippen LogP contribution in [0.15, 0.2) is 23.5 Å². The molecule has 1 aliphatic rings. The van der Waals surface area contributed by atoms with Crippen LogP contribution in [0.3, 0.4) is 0 Å². The van der Waals surface area contributed by atoms with Gasteiger partial charge in [-0.1, -0.05) is 20.8 Å². The lowest BCUT2D eigenvalue weighted by Gasteiger charge is -2.32. The predicted octanol–water partition coefficient (Wildman–Crippen LogP) is 1.91. The van der Waals surface area contributed by atoms with Crippen LogP contribution in [0.5, 0.6) is 0 Å². The van der Waals surface area contributed by atoms with Crippen LogP contribution in [0.2, 0.25) is 0 Å². The predicted molar refractivity (Wildman–Crippen MR) is 85.3 cm³/mol. The summed E-state index contributed by atoms with van der Waals surface area (Å²) >= 11 is 0. The molecular weight excluding hydrogens is 264 g/mol. The third-order valence-corrected chi connectivity index (χ3v) is 3.69. The van der Waals surface area contributed by atoms with Gasteiger partial charge in [0.2, 0.25) is 0 Å². The number of rotatable bonds is 2. The number of hydrogen-bond donors (Lipinski definition) is 1. The highest BCUT2D eigenvalue weighted by Crippen LogP contribution is 2.25. The van der Waals surface area contributed by atoms with Crippen LogP contribution >= 0.6 is 0 Å². The number of guanidine groups is 1. The summed E-state index contributed by atoms with van der Waals surface area (Å²) in [5.41, 5.74) is 8.60. The van der Waals surface area contributed by atoms with Gasteiger partial charge in [0.15, 0.2) is 5.96 Å². The van der Waals surface area contributed by atoms with Crippen LogP contribution in [-0.2, 0) is 16.7 Å². The Morgan fingerprint density at radius 3 is 2.95 bits per heavy atom. The Labute approximate surface area is 127 Å². The molecule has 0 aromatic carbocycles. The molecule has 1 fully saturated rings. The summed E-state index contributed by atoms with van der Waals surface area (Å²) in [6.45, 7) is 11.5. The Hall–Kier alpha value is -1.62. The molecular formula is C16H26N4O. The number of aliphatic imine (C=N–C) groups is 1. The van der Waals surface area contributed by atoms with Gasteiger partial charge in [0.25, 0.3) is 0 Å². The minimum Gasteiger partial charge on any atom is -0.375 e. The summed E-state index contributed by atoms with van der Waals surface area (Å²) in [6.07, 6.45) is 3.93. The molecule has 5 nitrogen and oxygen atoms in total. The molecule has 21 heavy (non-hydrogen) atoms. The molecule has 1 aromatic heterocycles. The first kappa shape index (κ1) is 15.8. The molecule has 0 aliphatic carbocycles. The molecule has 0 saturated carbocycles. The van der Waals surface area contributed by atoms with Gasteiger partial charge in [-0.05, 0) is 29.5 Å². The standard InChI is InChI=1S/C16H26N4O/c1-12-11-20(7-8-21-12)15(17)19-10-13-9-18-6-5-14(13)16(2,3)4/h5-6,9,12H,7-8,10-11H2,1-4H3,(H2,17,19). The highest BCUT2D eigenvalue weighted by Gasteiger charge is 2.19. The van der Waals surface area contributed by atoms with E-state index in [1.54, 1.807) is 0 Å². The van der Waals surface area contributed by atoms with Crippen molar-refractivity contribution in [1.82, 2.24) is 9.88 Å². The van der Waals surface area contributed by atoms with E-state index < -0.39 is 0 Å². The molecule has 1 aromatic rings. The van der Waals surface area contributed by atoms with E-state index >= 15 is 0 Å². The SMILES string of the molecule is CC1CN(C(N)=NCc2cnccc2C(C)(C)C)CCO1. The van der Waals surface area contributed by atoms with Gasteiger partial charge in [-0.3, -0.25) is 4.98 Å². The summed E-state index contributed by atoms with van der Waals surface area (Å²) in [5, 5.41) is 0. The zero-order valence-electron chi connectivity index (χ0n) is 13.5. The van der Waals surface area contributed by atoms with E-state index in [1.807, 2.05) is 12.4 Å². The van der Waals surface area contributed by atoms with Crippen molar-refractivity contribution in [2.45, 2.75) is 45.8 Å². The molecule has 5 heteroatoms. The molecule has 1 saturated heterocycles. The van der Waals surface area contributed by atoms with Crippen molar-refractivity contribution < 1.29 is 4.74 Å². The van der Waals surface area contributed by atoms with Gasteiger partial charge in [-0.15, -0.1) is 0 Å². The zero-order valence-corrected chi connectivity index (χ0v) is 13.5. The van der Waals surface area contributed by atoms with Gasteiger partial charge in [0.05, 0.1) is 19.3 Å². The Morgan fingerprint density at radius 1 is 1.52 bits per heavy atom. The summed E-state index contributed by atoms with van der Waals surface area (Å²) < 4.78 is 5.52. The molecule has 0 radical (unpaired) electrons. The number of morpholine rings is 1. The van der Waals surface area contributed by atoms with Gasteiger partial charge in [0, 0.05) is 25.5 Å². The molecule has 1 atom stereocenters. The maximum Gasteiger partial charge on any atom is 0.191 e. The number of nitrogens with zero attached hydrogens (tertiary/aromatic N) is 3. The Balaban J connectivity index is 2.10. The number of hydrogen-bond acceptors (Lipinski definition) is 3. The normalized spacial score (nSPS) is 20.7. The molecule has 1 aliphatic heterocycles. The molecule has 0 amide bonds. The number of pyridine rings is 1. The van der Waals surface area contributed by atoms with E-state index in [1.165, 1.54) is 5.56 Å². The van der Waals surface area contributed by atoms with Crippen LogP contribution in [0, 0.1) is 0 Å². The van der Waals surface area contributed by atoms with Gasteiger partial charge in [0.1, 0.15) is 0 Å². The van der Waals surface area contributed by atoms with Crippen LogP contribution in [0.1, 0.15) is 38.8 Å². The number of ether oxygens (including phenoxy) is 1. The van der Waals surface area contributed by atoms with Gasteiger partial charge in [-0.2, -0.15) is 0 Å². The Kier molecular flexibility index (Phi) is 4.83. The third kappa shape index (κ3) is 4.17. The average Bonchev–Trinajstić information content (AvgIpc) is 2.44. The number of aromatic nitrogens is 1. The van der Waals surface area contributed by atoms with Gasteiger partial charge in [-0.25, -0.2) is 4.99 Å². The summed E-state index contributed by atoms with van der Waals surface area (Å²) in [4.78, 5) is 10.9. The Bertz CT molecular complexity index is 507. The van der Waals surface area contributed by atoms with Gasteiger partial charge >= 0.3 is 0 Å². The van der Waals surface area contributed by atoms with Crippen molar-refractivity contribution >= 4 is 5.96 Å². The highest BCUT2D eigenvalue weighted by atomic mass is 16.5. The van der Waals surface area contributed by atoms with E-state index in [4.69, 9.17) is 10.5 Å². The average molecular weight is 290 g/mol. The lowest BCUT2D eigenvalue weighted by atomic mass is 9.85. The molecule has 1 unspecified atom stereocenters. The molecule has 0 spiro atoms. The molecule has 116 valence electrons. The first-order chi connectivity index (χ1) is 9.88. The fourth-order valence-electron chi connectivity index (χ4n) is 2.58. The van der Waals surface area contributed by atoms with Crippen LogP contribution < -0.4 is 5.73 Å². The van der Waals surface area contributed by atoms with Crippen molar-refractivity contribution in [3.05, 3.63) is 29.6 Å². The van der Waals surface area contributed by atoms with Gasteiger partial charge < -0.3 is 15.4 Å². The smallest absolute Gasteiger partial charge is 0.191 e. The van der Waals surface area contributed by atoms with E-state index in [9.17, 15) is 0 Å². The lowest BCUT2D eigenvalue weighted by molar-refractivity contribution is 0.00528. The van der Waals surface area contributed by atoms with E-state index in [-0.39, 0.29) is 11.5 Å². The molecule has 2 N–H and O–H groups in total. The van der Waals surface area contributed by atoms with Crippen molar-refractivity contribution in [3.8, 4) is 0 Å². The second kappa shape index (κ2) is 6.43. The fourth-order valence-corrected chi connectivity index (χ4v) is 2.58. The molecule has 0 bridgehead atoms. The van der Waals surface area contributed by atoms with Crippen molar-refractivity contribution in [1.29, 1.82) is 0 Å². The van der Waals surface area contributed by atoms with Crippen molar-refractivity contribution in [2.75, 3.05) is 19.7 Å². The second-order valence-electron chi connectivity index (χ2n) is 6.58. The van der Waals surface area contributed by atoms with Crippen molar-refractivity contribution in [3.63, 3.8) is 0 Å². The lowest BCUT2D eigenvalue weighted by Crippen LogP contribution is -2.47. The van der Waals surface area contributed by atoms with E-state index in [0.717, 1.165) is 18.7 Å². The quantitative estimate of drug-likeness (QED) is 0.667. The maximum atomic E-state index is 6.12. The largest absolute Gasteiger partial charge is 0.375 e. The van der Waals surface area contributed by atoms with Crippen molar-refractivity contribution in [2.24, 2.45) is 10.7 Å². The maximum absolute atomic E-state index is 6.12. The highest BCUT2D eigenvalue weighted by molar-refractivity contribution is 5.78. The summed E-state index contributed by atoms with van der Waals surface area (Å²) in [7, 11) is 0. The Morgan fingerprint density at radius 2 is 2.29 bits per heavy atom. The van der Waals surface area contributed by atoms with E-state index in [2.05, 4.69) is 48.6 Å². The van der Waals surface area contributed by atoms with Crippen LogP contribution in [0.4, 0.5) is 0 Å². The zero-order chi connectivity index (χ0) is 15.5. The molecule has 2 rings (SSSR count).